The van der Waals surface area contributed by atoms with Gasteiger partial charge in [-0.15, -0.1) is 0 Å². The first-order valence-electron chi connectivity index (χ1n) is 9.03. The summed E-state index contributed by atoms with van der Waals surface area (Å²) >= 11 is 0. The third-order valence-electron chi connectivity index (χ3n) is 4.33. The number of carbonyl (C=O) groups excluding carboxylic acids is 2. The van der Waals surface area contributed by atoms with Crippen LogP contribution in [0.1, 0.15) is 42.0 Å². The SMILES string of the molecule is Cc1ccc(C(C)C)cc1OCC(=O)OCC(=O)Nc1c(C)cccc1C. The maximum absolute atomic E-state index is 12.0. The largest absolute Gasteiger partial charge is 0.482 e. The molecule has 0 aliphatic heterocycles. The summed E-state index contributed by atoms with van der Waals surface area (Å²) in [7, 11) is 0. The zero-order valence-corrected chi connectivity index (χ0v) is 16.6. The Kier molecular flexibility index (Phi) is 6.99. The molecule has 144 valence electrons. The van der Waals surface area contributed by atoms with Crippen LogP contribution in [-0.2, 0) is 14.3 Å². The first-order chi connectivity index (χ1) is 12.8. The number of aryl methyl sites for hydroxylation is 3. The van der Waals surface area contributed by atoms with E-state index in [1.54, 1.807) is 0 Å². The second-order valence-electron chi connectivity index (χ2n) is 6.94. The van der Waals surface area contributed by atoms with E-state index in [4.69, 9.17) is 9.47 Å². The summed E-state index contributed by atoms with van der Waals surface area (Å²) in [6.45, 7) is 9.35. The first-order valence-corrected chi connectivity index (χ1v) is 9.03. The number of hydrogen-bond acceptors (Lipinski definition) is 4. The van der Waals surface area contributed by atoms with Crippen molar-refractivity contribution < 1.29 is 19.1 Å². The van der Waals surface area contributed by atoms with Crippen molar-refractivity contribution >= 4 is 17.6 Å². The van der Waals surface area contributed by atoms with E-state index in [1.807, 2.05) is 57.2 Å². The summed E-state index contributed by atoms with van der Waals surface area (Å²) in [5.41, 5.74) is 4.74. The Morgan fingerprint density at radius 1 is 0.963 bits per heavy atom. The molecule has 2 aromatic carbocycles. The number of amides is 1. The van der Waals surface area contributed by atoms with Gasteiger partial charge in [0.25, 0.3) is 5.91 Å². The van der Waals surface area contributed by atoms with Gasteiger partial charge in [0.05, 0.1) is 0 Å². The lowest BCUT2D eigenvalue weighted by atomic mass is 10.0. The van der Waals surface area contributed by atoms with Gasteiger partial charge >= 0.3 is 5.97 Å². The van der Waals surface area contributed by atoms with E-state index >= 15 is 0 Å². The van der Waals surface area contributed by atoms with Crippen LogP contribution in [0.2, 0.25) is 0 Å². The summed E-state index contributed by atoms with van der Waals surface area (Å²) in [6.07, 6.45) is 0. The van der Waals surface area contributed by atoms with Crippen molar-refractivity contribution in [2.24, 2.45) is 0 Å². The average molecular weight is 369 g/mol. The molecule has 5 heteroatoms. The van der Waals surface area contributed by atoms with Crippen LogP contribution in [0.5, 0.6) is 5.75 Å². The normalized spacial score (nSPS) is 10.6. The van der Waals surface area contributed by atoms with Gasteiger partial charge < -0.3 is 14.8 Å². The topological polar surface area (TPSA) is 64.6 Å². The van der Waals surface area contributed by atoms with Crippen molar-refractivity contribution in [2.45, 2.75) is 40.5 Å². The van der Waals surface area contributed by atoms with Gasteiger partial charge in [-0.05, 0) is 55.0 Å². The van der Waals surface area contributed by atoms with Crippen LogP contribution in [-0.4, -0.2) is 25.1 Å². The minimum Gasteiger partial charge on any atom is -0.482 e. The van der Waals surface area contributed by atoms with Gasteiger partial charge in [0, 0.05) is 5.69 Å². The number of carbonyl (C=O) groups is 2. The Bertz CT molecular complexity index is 807. The maximum atomic E-state index is 12.0. The molecule has 0 radical (unpaired) electrons. The number of anilines is 1. The number of para-hydroxylation sites is 1. The standard InChI is InChI=1S/C22H27NO4/c1-14(2)18-10-9-15(3)19(11-18)26-13-21(25)27-12-20(24)23-22-16(4)7-6-8-17(22)5/h6-11,14H,12-13H2,1-5H3,(H,23,24). The van der Waals surface area contributed by atoms with Crippen LogP contribution >= 0.6 is 0 Å². The summed E-state index contributed by atoms with van der Waals surface area (Å²) in [6, 6.07) is 11.7. The predicted octanol–water partition coefficient (Wildman–Crippen LogP) is 4.30. The zero-order valence-electron chi connectivity index (χ0n) is 16.6. The highest BCUT2D eigenvalue weighted by atomic mass is 16.6. The molecule has 0 saturated heterocycles. The highest BCUT2D eigenvalue weighted by Gasteiger charge is 2.12. The fourth-order valence-corrected chi connectivity index (χ4v) is 2.64. The molecule has 0 unspecified atom stereocenters. The van der Waals surface area contributed by atoms with E-state index in [2.05, 4.69) is 19.2 Å². The molecule has 27 heavy (non-hydrogen) atoms. The van der Waals surface area contributed by atoms with Crippen molar-refractivity contribution in [3.63, 3.8) is 0 Å². The second-order valence-corrected chi connectivity index (χ2v) is 6.94. The van der Waals surface area contributed by atoms with Gasteiger partial charge in [-0.2, -0.15) is 0 Å². The smallest absolute Gasteiger partial charge is 0.344 e. The van der Waals surface area contributed by atoms with Gasteiger partial charge in [-0.25, -0.2) is 4.79 Å². The highest BCUT2D eigenvalue weighted by Crippen LogP contribution is 2.24. The first kappa shape index (κ1) is 20.5. The van der Waals surface area contributed by atoms with Crippen molar-refractivity contribution in [2.75, 3.05) is 18.5 Å². The lowest BCUT2D eigenvalue weighted by molar-refractivity contribution is -0.149. The lowest BCUT2D eigenvalue weighted by Gasteiger charge is -2.13. The zero-order chi connectivity index (χ0) is 20.0. The van der Waals surface area contributed by atoms with E-state index in [0.717, 1.165) is 27.9 Å². The second kappa shape index (κ2) is 9.21. The minimum atomic E-state index is -0.582. The number of hydrogen-bond donors (Lipinski definition) is 1. The van der Waals surface area contributed by atoms with Gasteiger partial charge in [0.1, 0.15) is 5.75 Å². The number of esters is 1. The molecule has 0 saturated carbocycles. The van der Waals surface area contributed by atoms with E-state index in [9.17, 15) is 9.59 Å². The van der Waals surface area contributed by atoms with Crippen LogP contribution in [0.25, 0.3) is 0 Å². The summed E-state index contributed by atoms with van der Waals surface area (Å²) in [4.78, 5) is 24.0. The molecule has 0 aliphatic rings. The monoisotopic (exact) mass is 369 g/mol. The van der Waals surface area contributed by atoms with Crippen LogP contribution < -0.4 is 10.1 Å². The fourth-order valence-electron chi connectivity index (χ4n) is 2.64. The van der Waals surface area contributed by atoms with Crippen molar-refractivity contribution in [1.29, 1.82) is 0 Å². The third kappa shape index (κ3) is 5.84. The quantitative estimate of drug-likeness (QED) is 0.739. The van der Waals surface area contributed by atoms with Crippen molar-refractivity contribution in [1.82, 2.24) is 0 Å². The lowest BCUT2D eigenvalue weighted by Crippen LogP contribution is -2.24. The predicted molar refractivity (Wildman–Crippen MR) is 106 cm³/mol. The molecule has 1 N–H and O–H groups in total. The van der Waals surface area contributed by atoms with Gasteiger partial charge in [0.2, 0.25) is 0 Å². The Balaban J connectivity index is 1.84. The van der Waals surface area contributed by atoms with E-state index in [0.29, 0.717) is 11.7 Å². The molecule has 5 nitrogen and oxygen atoms in total. The molecule has 0 aliphatic carbocycles. The van der Waals surface area contributed by atoms with E-state index in [-0.39, 0.29) is 19.1 Å². The Morgan fingerprint density at radius 2 is 1.63 bits per heavy atom. The van der Waals surface area contributed by atoms with Gasteiger partial charge in [-0.1, -0.05) is 44.2 Å². The fraction of sp³-hybridized carbons (Fsp3) is 0.364. The average Bonchev–Trinajstić information content (AvgIpc) is 2.62. The van der Waals surface area contributed by atoms with Crippen LogP contribution in [0.15, 0.2) is 36.4 Å². The summed E-state index contributed by atoms with van der Waals surface area (Å²) in [5, 5.41) is 2.78. The molecule has 2 aromatic rings. The molecule has 0 bridgehead atoms. The van der Waals surface area contributed by atoms with Crippen molar-refractivity contribution in [3.05, 3.63) is 58.7 Å². The van der Waals surface area contributed by atoms with Crippen LogP contribution in [0, 0.1) is 20.8 Å². The molecule has 0 fully saturated rings. The van der Waals surface area contributed by atoms with Gasteiger partial charge in [0.15, 0.2) is 13.2 Å². The molecule has 1 amide bonds. The van der Waals surface area contributed by atoms with Crippen LogP contribution in [0.3, 0.4) is 0 Å². The molecule has 0 heterocycles. The number of nitrogens with one attached hydrogen (secondary N) is 1. The van der Waals surface area contributed by atoms with Crippen LogP contribution in [0.4, 0.5) is 5.69 Å². The highest BCUT2D eigenvalue weighted by molar-refractivity contribution is 5.94. The van der Waals surface area contributed by atoms with E-state index < -0.39 is 5.97 Å². The third-order valence-corrected chi connectivity index (χ3v) is 4.33. The molecule has 0 atom stereocenters. The number of ether oxygens (including phenoxy) is 2. The Hall–Kier alpha value is -2.82. The Morgan fingerprint density at radius 3 is 2.26 bits per heavy atom. The molecular weight excluding hydrogens is 342 g/mol. The Labute approximate surface area is 160 Å². The molecule has 0 spiro atoms. The van der Waals surface area contributed by atoms with Gasteiger partial charge in [-0.3, -0.25) is 4.79 Å². The number of rotatable bonds is 7. The minimum absolute atomic E-state index is 0.237. The number of benzene rings is 2. The molecular formula is C22H27NO4. The maximum Gasteiger partial charge on any atom is 0.344 e. The molecule has 0 aromatic heterocycles. The van der Waals surface area contributed by atoms with Crippen molar-refractivity contribution in [3.8, 4) is 5.75 Å². The summed E-state index contributed by atoms with van der Waals surface area (Å²) in [5.74, 6) is 0.0615. The molecule has 2 rings (SSSR count). The summed E-state index contributed by atoms with van der Waals surface area (Å²) < 4.78 is 10.6. The van der Waals surface area contributed by atoms with E-state index in [1.165, 1.54) is 0 Å².